The van der Waals surface area contributed by atoms with E-state index in [4.69, 9.17) is 0 Å². The number of fused-ring (bicyclic) bond motifs is 1. The number of allylic oxidation sites excluding steroid dienone is 2. The third-order valence-electron chi connectivity index (χ3n) is 4.45. The van der Waals surface area contributed by atoms with E-state index in [1.807, 2.05) is 7.05 Å². The van der Waals surface area contributed by atoms with Crippen molar-refractivity contribution >= 4 is 6.72 Å². The van der Waals surface area contributed by atoms with Gasteiger partial charge in [0.15, 0.2) is 0 Å². The molecule has 2 unspecified atom stereocenters. The van der Waals surface area contributed by atoms with E-state index in [0.717, 1.165) is 6.42 Å². The maximum atomic E-state index is 4.28. The second-order valence-corrected chi connectivity index (χ2v) is 4.91. The first-order valence-corrected chi connectivity index (χ1v) is 5.51. The van der Waals surface area contributed by atoms with E-state index in [-0.39, 0.29) is 0 Å². The van der Waals surface area contributed by atoms with E-state index in [1.54, 1.807) is 0 Å². The fraction of sp³-hybridized carbons (Fsp3) is 0.750. The number of rotatable bonds is 3. The fourth-order valence-corrected chi connectivity index (χ4v) is 3.34. The van der Waals surface area contributed by atoms with Crippen molar-refractivity contribution in [2.75, 3.05) is 7.05 Å². The van der Waals surface area contributed by atoms with Crippen molar-refractivity contribution in [3.63, 3.8) is 0 Å². The number of hydrogen-bond donors (Lipinski definition) is 1. The minimum absolute atomic E-state index is 0.353. The van der Waals surface area contributed by atoms with E-state index >= 15 is 0 Å². The van der Waals surface area contributed by atoms with Gasteiger partial charge in [-0.2, -0.15) is 0 Å². The van der Waals surface area contributed by atoms with Crippen LogP contribution in [0.15, 0.2) is 16.4 Å². The number of nitrogens with zero attached hydrogens (tertiary/aromatic N) is 1. The summed E-state index contributed by atoms with van der Waals surface area (Å²) in [6.45, 7) is 8.41. The molecule has 2 aliphatic rings. The summed E-state index contributed by atoms with van der Waals surface area (Å²) < 4.78 is 0. The van der Waals surface area contributed by atoms with Crippen LogP contribution < -0.4 is 5.32 Å². The maximum Gasteiger partial charge on any atom is 0.0652 e. The van der Waals surface area contributed by atoms with Crippen molar-refractivity contribution in [3.8, 4) is 0 Å². The number of hydrogen-bond acceptors (Lipinski definition) is 2. The Hall–Kier alpha value is -0.790. The Labute approximate surface area is 86.5 Å². The van der Waals surface area contributed by atoms with E-state index in [1.165, 1.54) is 30.7 Å². The molecule has 0 spiro atoms. The molecular formula is C12H20N2. The molecule has 2 heteroatoms. The maximum absolute atomic E-state index is 4.28. The van der Waals surface area contributed by atoms with Crippen LogP contribution in [0.1, 0.15) is 39.5 Å². The normalized spacial score (nSPS) is 40.5. The van der Waals surface area contributed by atoms with Crippen molar-refractivity contribution in [2.24, 2.45) is 15.8 Å². The predicted molar refractivity (Wildman–Crippen MR) is 60.3 cm³/mol. The lowest BCUT2D eigenvalue weighted by molar-refractivity contribution is 0.341. The van der Waals surface area contributed by atoms with Gasteiger partial charge in [0.1, 0.15) is 0 Å². The van der Waals surface area contributed by atoms with Crippen LogP contribution in [0.4, 0.5) is 0 Å². The van der Waals surface area contributed by atoms with Gasteiger partial charge in [-0.15, -0.1) is 0 Å². The highest BCUT2D eigenvalue weighted by Gasteiger charge is 2.66. The Morgan fingerprint density at radius 3 is 2.79 bits per heavy atom. The van der Waals surface area contributed by atoms with Crippen molar-refractivity contribution in [3.05, 3.63) is 11.4 Å². The molecule has 78 valence electrons. The molecule has 0 aromatic carbocycles. The van der Waals surface area contributed by atoms with E-state index in [9.17, 15) is 0 Å². The number of nitrogens with one attached hydrogen (secondary N) is 1. The molecule has 2 aliphatic carbocycles. The zero-order chi connectivity index (χ0) is 10.4. The monoisotopic (exact) mass is 192 g/mol. The molecule has 1 N–H and O–H groups in total. The molecule has 0 saturated heterocycles. The van der Waals surface area contributed by atoms with Gasteiger partial charge in [-0.25, -0.2) is 0 Å². The molecule has 0 radical (unpaired) electrons. The third-order valence-corrected chi connectivity index (χ3v) is 4.45. The zero-order valence-electron chi connectivity index (χ0n) is 9.48. The van der Waals surface area contributed by atoms with Gasteiger partial charge >= 0.3 is 0 Å². The van der Waals surface area contributed by atoms with Crippen molar-refractivity contribution in [2.45, 2.75) is 39.5 Å². The Morgan fingerprint density at radius 1 is 1.57 bits per heavy atom. The Balaban J connectivity index is 2.44. The minimum Gasteiger partial charge on any atom is -0.390 e. The van der Waals surface area contributed by atoms with Gasteiger partial charge in [-0.3, -0.25) is 4.99 Å². The largest absolute Gasteiger partial charge is 0.390 e. The summed E-state index contributed by atoms with van der Waals surface area (Å²) >= 11 is 0. The first kappa shape index (κ1) is 9.75. The molecule has 2 atom stereocenters. The van der Waals surface area contributed by atoms with Gasteiger partial charge in [0, 0.05) is 18.2 Å². The fourth-order valence-electron chi connectivity index (χ4n) is 3.34. The van der Waals surface area contributed by atoms with Gasteiger partial charge < -0.3 is 5.32 Å². The molecule has 2 rings (SSSR count). The molecule has 0 aliphatic heterocycles. The summed E-state index contributed by atoms with van der Waals surface area (Å²) in [5.74, 6) is 0. The second kappa shape index (κ2) is 2.85. The molecule has 0 bridgehead atoms. The van der Waals surface area contributed by atoms with Crippen LogP contribution in [-0.2, 0) is 0 Å². The average Bonchev–Trinajstić information content (AvgIpc) is 2.83. The van der Waals surface area contributed by atoms with E-state index in [0.29, 0.717) is 10.8 Å². The summed E-state index contributed by atoms with van der Waals surface area (Å²) in [6.07, 6.45) is 4.94. The predicted octanol–water partition coefficient (Wildman–Crippen LogP) is 2.72. The molecule has 0 aromatic rings. The standard InChI is InChI=1S/C12H20N2/c1-5-12-8-11(12,2)7-6-9(13-3)10(12)14-4/h13H,4-8H2,1-3H3. The Morgan fingerprint density at radius 2 is 2.29 bits per heavy atom. The highest BCUT2D eigenvalue weighted by molar-refractivity contribution is 5.41. The smallest absolute Gasteiger partial charge is 0.0652 e. The lowest BCUT2D eigenvalue weighted by Gasteiger charge is -2.30. The quantitative estimate of drug-likeness (QED) is 0.683. The highest BCUT2D eigenvalue weighted by Crippen LogP contribution is 2.74. The van der Waals surface area contributed by atoms with Crippen molar-refractivity contribution < 1.29 is 0 Å². The summed E-state index contributed by atoms with van der Waals surface area (Å²) in [5.41, 5.74) is 3.43. The second-order valence-electron chi connectivity index (χ2n) is 4.91. The van der Waals surface area contributed by atoms with Crippen LogP contribution >= 0.6 is 0 Å². The summed E-state index contributed by atoms with van der Waals surface area (Å²) in [6, 6.07) is 0. The number of aliphatic imine (C=N–C) groups is 1. The van der Waals surface area contributed by atoms with E-state index in [2.05, 4.69) is 30.9 Å². The van der Waals surface area contributed by atoms with E-state index < -0.39 is 0 Å². The zero-order valence-corrected chi connectivity index (χ0v) is 9.48. The topological polar surface area (TPSA) is 24.4 Å². The lowest BCUT2D eigenvalue weighted by Crippen LogP contribution is -2.24. The SMILES string of the molecule is C=NC1=C(NC)CCC2(C)CC12CC. The van der Waals surface area contributed by atoms with Gasteiger partial charge in [-0.1, -0.05) is 13.8 Å². The average molecular weight is 192 g/mol. The molecule has 2 nitrogen and oxygen atoms in total. The molecule has 0 aromatic heterocycles. The van der Waals surface area contributed by atoms with Crippen molar-refractivity contribution in [1.82, 2.24) is 5.32 Å². The van der Waals surface area contributed by atoms with Gasteiger partial charge in [0.05, 0.1) is 5.70 Å². The van der Waals surface area contributed by atoms with Crippen LogP contribution in [0, 0.1) is 10.8 Å². The van der Waals surface area contributed by atoms with Crippen LogP contribution in [0.5, 0.6) is 0 Å². The Bertz CT molecular complexity index is 305. The minimum atomic E-state index is 0.353. The van der Waals surface area contributed by atoms with Crippen LogP contribution in [0.2, 0.25) is 0 Å². The lowest BCUT2D eigenvalue weighted by atomic mass is 9.80. The third kappa shape index (κ3) is 0.943. The molecular weight excluding hydrogens is 172 g/mol. The van der Waals surface area contributed by atoms with Crippen molar-refractivity contribution in [1.29, 1.82) is 0 Å². The Kier molecular flexibility index (Phi) is 1.98. The first-order valence-electron chi connectivity index (χ1n) is 5.51. The van der Waals surface area contributed by atoms with Crippen LogP contribution in [0.3, 0.4) is 0 Å². The molecule has 14 heavy (non-hydrogen) atoms. The highest BCUT2D eigenvalue weighted by atomic mass is 14.9. The summed E-state index contributed by atoms with van der Waals surface area (Å²) in [4.78, 5) is 4.28. The molecule has 1 saturated carbocycles. The summed E-state index contributed by atoms with van der Waals surface area (Å²) in [7, 11) is 1.99. The molecule has 0 heterocycles. The van der Waals surface area contributed by atoms with Gasteiger partial charge in [0.25, 0.3) is 0 Å². The van der Waals surface area contributed by atoms with Gasteiger partial charge in [0.2, 0.25) is 0 Å². The van der Waals surface area contributed by atoms with Crippen LogP contribution in [0.25, 0.3) is 0 Å². The summed E-state index contributed by atoms with van der Waals surface area (Å²) in [5, 5.41) is 3.28. The molecule has 1 fully saturated rings. The van der Waals surface area contributed by atoms with Gasteiger partial charge in [-0.05, 0) is 37.8 Å². The first-order chi connectivity index (χ1) is 6.63. The van der Waals surface area contributed by atoms with Crippen LogP contribution in [-0.4, -0.2) is 13.8 Å². The molecule has 0 amide bonds.